The summed E-state index contributed by atoms with van der Waals surface area (Å²) in [6.07, 6.45) is 0. The molecule has 3 nitrogen and oxygen atoms in total. The largest absolute Gasteiger partial charge is 0.456 e. The van der Waals surface area contributed by atoms with E-state index in [0.29, 0.717) is 0 Å². The molecule has 258 valence electrons. The highest BCUT2D eigenvalue weighted by Gasteiger charge is 2.18. The second-order valence-electron chi connectivity index (χ2n) is 14.1. The molecule has 0 amide bonds. The van der Waals surface area contributed by atoms with Gasteiger partial charge in [0.2, 0.25) is 0 Å². The Balaban J connectivity index is 0.978. The van der Waals surface area contributed by atoms with Crippen LogP contribution in [0, 0.1) is 0 Å². The van der Waals surface area contributed by atoms with E-state index < -0.39 is 0 Å². The summed E-state index contributed by atoms with van der Waals surface area (Å²) < 4.78 is 8.70. The second-order valence-corrected chi connectivity index (χ2v) is 14.1. The fourth-order valence-corrected chi connectivity index (χ4v) is 8.46. The first-order chi connectivity index (χ1) is 27.3. The molecule has 11 aromatic rings. The summed E-state index contributed by atoms with van der Waals surface area (Å²) in [6, 6.07) is 73.8. The third-order valence-electron chi connectivity index (χ3n) is 11.0. The van der Waals surface area contributed by atoms with Crippen LogP contribution in [0.2, 0.25) is 0 Å². The summed E-state index contributed by atoms with van der Waals surface area (Å²) in [4.78, 5) is 2.29. The molecule has 2 aromatic heterocycles. The van der Waals surface area contributed by atoms with Crippen LogP contribution in [0.3, 0.4) is 0 Å². The minimum absolute atomic E-state index is 0.879. The summed E-state index contributed by atoms with van der Waals surface area (Å²) in [6.45, 7) is 0. The predicted octanol–water partition coefficient (Wildman–Crippen LogP) is 14.6. The van der Waals surface area contributed by atoms with Crippen LogP contribution < -0.4 is 4.90 Å². The Labute approximate surface area is 318 Å². The monoisotopic (exact) mass is 702 g/mol. The average molecular weight is 703 g/mol. The van der Waals surface area contributed by atoms with Crippen molar-refractivity contribution in [3.05, 3.63) is 206 Å². The zero-order valence-corrected chi connectivity index (χ0v) is 29.9. The lowest BCUT2D eigenvalue weighted by molar-refractivity contribution is 0.669. The van der Waals surface area contributed by atoms with Crippen LogP contribution in [0.25, 0.3) is 82.5 Å². The molecule has 0 radical (unpaired) electrons. The fourth-order valence-electron chi connectivity index (χ4n) is 8.46. The Kier molecular flexibility index (Phi) is 7.17. The molecule has 0 fully saturated rings. The van der Waals surface area contributed by atoms with Gasteiger partial charge in [0.1, 0.15) is 11.2 Å². The minimum atomic E-state index is 0.879. The van der Waals surface area contributed by atoms with Gasteiger partial charge in [-0.15, -0.1) is 0 Å². The molecule has 0 saturated heterocycles. The molecule has 9 aromatic carbocycles. The Morgan fingerprint density at radius 2 is 1.00 bits per heavy atom. The molecule has 0 atom stereocenters. The first-order valence-corrected chi connectivity index (χ1v) is 18.8. The van der Waals surface area contributed by atoms with Crippen molar-refractivity contribution in [1.82, 2.24) is 4.57 Å². The van der Waals surface area contributed by atoms with Gasteiger partial charge in [0.25, 0.3) is 0 Å². The molecule has 2 heterocycles. The SMILES string of the molecule is c1ccc(-c2cccc3ccc4c(c5ccccc5n4-c4ccc(-c5ccc(N(c6ccccc6)c6ccc7c(c6)oc6ccccc67)cc5)cc4)c23)cc1. The highest BCUT2D eigenvalue weighted by Crippen LogP contribution is 2.42. The molecule has 0 aliphatic rings. The van der Waals surface area contributed by atoms with Crippen LogP contribution in [-0.2, 0) is 0 Å². The molecule has 0 saturated carbocycles. The Hall–Kier alpha value is -7.36. The number of benzene rings is 9. The fraction of sp³-hybridized carbons (Fsp3) is 0. The standard InChI is InChI=1S/C52H34N2O/c1-3-12-37(13-4-1)43-19-11-14-38-26-33-48-52(51(38)43)46-18-7-9-20-47(46)54(48)41-29-24-36(25-30-41)35-22-27-40(28-23-35)53(39-15-5-2-6-16-39)42-31-32-45-44-17-8-10-21-49(44)55-50(45)34-42/h1-34H. The number of para-hydroxylation sites is 3. The molecular weight excluding hydrogens is 669 g/mol. The molecule has 0 bridgehead atoms. The first-order valence-electron chi connectivity index (χ1n) is 18.8. The Bertz CT molecular complexity index is 3180. The summed E-state index contributed by atoms with van der Waals surface area (Å²) in [5, 5.41) is 7.34. The van der Waals surface area contributed by atoms with E-state index in [4.69, 9.17) is 4.42 Å². The highest BCUT2D eigenvalue weighted by atomic mass is 16.3. The van der Waals surface area contributed by atoms with Gasteiger partial charge >= 0.3 is 0 Å². The van der Waals surface area contributed by atoms with Gasteiger partial charge in [-0.1, -0.05) is 133 Å². The van der Waals surface area contributed by atoms with Crippen molar-refractivity contribution in [1.29, 1.82) is 0 Å². The van der Waals surface area contributed by atoms with Crippen LogP contribution in [-0.4, -0.2) is 4.57 Å². The lowest BCUT2D eigenvalue weighted by atomic mass is 9.94. The van der Waals surface area contributed by atoms with Crippen LogP contribution in [0.15, 0.2) is 211 Å². The third kappa shape index (κ3) is 5.13. The molecule has 0 aliphatic heterocycles. The van der Waals surface area contributed by atoms with Crippen LogP contribution >= 0.6 is 0 Å². The first kappa shape index (κ1) is 31.2. The van der Waals surface area contributed by atoms with E-state index in [0.717, 1.165) is 50.3 Å². The average Bonchev–Trinajstić information content (AvgIpc) is 3.80. The molecular formula is C52H34N2O. The maximum atomic E-state index is 6.29. The summed E-state index contributed by atoms with van der Waals surface area (Å²) in [5.41, 5.74) is 13.4. The molecule has 0 N–H and O–H groups in total. The topological polar surface area (TPSA) is 21.3 Å². The van der Waals surface area contributed by atoms with Crippen molar-refractivity contribution in [2.75, 3.05) is 4.90 Å². The van der Waals surface area contributed by atoms with E-state index in [1.165, 1.54) is 49.3 Å². The minimum Gasteiger partial charge on any atom is -0.456 e. The summed E-state index contributed by atoms with van der Waals surface area (Å²) in [7, 11) is 0. The zero-order valence-electron chi connectivity index (χ0n) is 29.9. The van der Waals surface area contributed by atoms with Gasteiger partial charge in [-0.25, -0.2) is 0 Å². The summed E-state index contributed by atoms with van der Waals surface area (Å²) >= 11 is 0. The van der Waals surface area contributed by atoms with Gasteiger partial charge in [0.15, 0.2) is 0 Å². The third-order valence-corrected chi connectivity index (χ3v) is 11.0. The number of nitrogens with zero attached hydrogens (tertiary/aromatic N) is 2. The van der Waals surface area contributed by atoms with E-state index >= 15 is 0 Å². The number of anilines is 3. The number of hydrogen-bond donors (Lipinski definition) is 0. The van der Waals surface area contributed by atoms with Gasteiger partial charge in [0, 0.05) is 50.4 Å². The Morgan fingerprint density at radius 1 is 0.364 bits per heavy atom. The van der Waals surface area contributed by atoms with Crippen molar-refractivity contribution >= 4 is 71.6 Å². The van der Waals surface area contributed by atoms with Crippen molar-refractivity contribution in [2.45, 2.75) is 0 Å². The van der Waals surface area contributed by atoms with Gasteiger partial charge < -0.3 is 13.9 Å². The van der Waals surface area contributed by atoms with Gasteiger partial charge in [-0.05, 0) is 99.8 Å². The molecule has 3 heteroatoms. The van der Waals surface area contributed by atoms with E-state index in [9.17, 15) is 0 Å². The Morgan fingerprint density at radius 3 is 1.80 bits per heavy atom. The smallest absolute Gasteiger partial charge is 0.137 e. The van der Waals surface area contributed by atoms with Crippen LogP contribution in [0.5, 0.6) is 0 Å². The van der Waals surface area contributed by atoms with Crippen molar-refractivity contribution in [2.24, 2.45) is 0 Å². The molecule has 0 aliphatic carbocycles. The molecule has 0 unspecified atom stereocenters. The second kappa shape index (κ2) is 12.6. The van der Waals surface area contributed by atoms with Crippen LogP contribution in [0.4, 0.5) is 17.1 Å². The van der Waals surface area contributed by atoms with Gasteiger partial charge in [-0.3, -0.25) is 0 Å². The highest BCUT2D eigenvalue weighted by molar-refractivity contribution is 6.24. The zero-order chi connectivity index (χ0) is 36.3. The maximum absolute atomic E-state index is 6.29. The van der Waals surface area contributed by atoms with E-state index in [-0.39, 0.29) is 0 Å². The number of furan rings is 1. The van der Waals surface area contributed by atoms with E-state index in [1.54, 1.807) is 0 Å². The lowest BCUT2D eigenvalue weighted by Crippen LogP contribution is -2.09. The van der Waals surface area contributed by atoms with E-state index in [1.807, 2.05) is 12.1 Å². The predicted molar refractivity (Wildman–Crippen MR) is 231 cm³/mol. The van der Waals surface area contributed by atoms with Crippen LogP contribution in [0.1, 0.15) is 0 Å². The van der Waals surface area contributed by atoms with Crippen molar-refractivity contribution in [3.63, 3.8) is 0 Å². The molecule has 11 rings (SSSR count). The quantitative estimate of drug-likeness (QED) is 0.172. The number of fused-ring (bicyclic) bond motifs is 8. The number of aromatic nitrogens is 1. The van der Waals surface area contributed by atoms with Gasteiger partial charge in [-0.2, -0.15) is 0 Å². The molecule has 0 spiro atoms. The van der Waals surface area contributed by atoms with Crippen molar-refractivity contribution < 1.29 is 4.42 Å². The summed E-state index contributed by atoms with van der Waals surface area (Å²) in [5.74, 6) is 0. The van der Waals surface area contributed by atoms with Gasteiger partial charge in [0.05, 0.1) is 11.0 Å². The molecule has 55 heavy (non-hydrogen) atoms. The number of hydrogen-bond acceptors (Lipinski definition) is 2. The van der Waals surface area contributed by atoms with E-state index in [2.05, 4.69) is 204 Å². The lowest BCUT2D eigenvalue weighted by Gasteiger charge is -2.25. The normalized spacial score (nSPS) is 11.6. The van der Waals surface area contributed by atoms with Crippen molar-refractivity contribution in [3.8, 4) is 27.9 Å². The number of rotatable bonds is 6. The maximum Gasteiger partial charge on any atom is 0.137 e.